The number of hydrogen-bond acceptors (Lipinski definition) is 4. The first-order chi connectivity index (χ1) is 14.3. The van der Waals surface area contributed by atoms with Gasteiger partial charge in [-0.05, 0) is 61.4 Å². The first-order valence-corrected chi connectivity index (χ1v) is 9.91. The Morgan fingerprint density at radius 1 is 1.00 bits per heavy atom. The molecular formula is C24H16Cl2O4. The number of aryl methyl sites for hydroxylation is 1. The van der Waals surface area contributed by atoms with Crippen molar-refractivity contribution in [3.05, 3.63) is 98.2 Å². The van der Waals surface area contributed by atoms with Crippen molar-refractivity contribution in [2.45, 2.75) is 13.8 Å². The van der Waals surface area contributed by atoms with Crippen molar-refractivity contribution >= 4 is 41.0 Å². The second-order valence-electron chi connectivity index (χ2n) is 6.88. The Morgan fingerprint density at radius 2 is 1.77 bits per heavy atom. The highest BCUT2D eigenvalue weighted by Gasteiger charge is 2.30. The molecule has 0 atom stereocenters. The van der Waals surface area contributed by atoms with Gasteiger partial charge in [0.05, 0.1) is 21.2 Å². The molecule has 0 bridgehead atoms. The molecule has 150 valence electrons. The standard InChI is InChI=1S/C24H16Cl2O4/c1-13-5-3-4-6-16(13)24(28)30-20-10-8-17-22(27)21(29-23(17)14(20)2)12-15-7-9-18(25)19(26)11-15/h3-12H,1-2H3/b21-12-. The maximum atomic E-state index is 12.7. The molecule has 1 aliphatic rings. The van der Waals surface area contributed by atoms with Crippen LogP contribution in [0.15, 0.2) is 60.4 Å². The number of carbonyl (C=O) groups is 2. The summed E-state index contributed by atoms with van der Waals surface area (Å²) in [7, 11) is 0. The first-order valence-electron chi connectivity index (χ1n) is 9.16. The summed E-state index contributed by atoms with van der Waals surface area (Å²) in [5.74, 6) is 0.156. The van der Waals surface area contributed by atoms with Gasteiger partial charge in [-0.15, -0.1) is 0 Å². The average molecular weight is 439 g/mol. The molecule has 4 rings (SSSR count). The molecule has 0 saturated carbocycles. The van der Waals surface area contributed by atoms with Gasteiger partial charge in [0.2, 0.25) is 5.78 Å². The van der Waals surface area contributed by atoms with Crippen molar-refractivity contribution in [1.29, 1.82) is 0 Å². The Labute approximate surface area is 183 Å². The minimum absolute atomic E-state index is 0.161. The largest absolute Gasteiger partial charge is 0.452 e. The lowest BCUT2D eigenvalue weighted by Crippen LogP contribution is -2.11. The van der Waals surface area contributed by atoms with Crippen LogP contribution in [0, 0.1) is 13.8 Å². The van der Waals surface area contributed by atoms with E-state index < -0.39 is 5.97 Å². The molecule has 0 aliphatic carbocycles. The number of carbonyl (C=O) groups excluding carboxylic acids is 2. The quantitative estimate of drug-likeness (QED) is 0.268. The molecule has 3 aromatic carbocycles. The predicted octanol–water partition coefficient (Wildman–Crippen LogP) is 6.45. The Kier molecular flexibility index (Phi) is 5.37. The molecule has 0 spiro atoms. The minimum atomic E-state index is -0.466. The van der Waals surface area contributed by atoms with Gasteiger partial charge in [-0.25, -0.2) is 4.79 Å². The molecule has 0 saturated heterocycles. The van der Waals surface area contributed by atoms with Gasteiger partial charge >= 0.3 is 5.97 Å². The van der Waals surface area contributed by atoms with Crippen LogP contribution in [0.4, 0.5) is 0 Å². The smallest absolute Gasteiger partial charge is 0.343 e. The molecule has 0 aromatic heterocycles. The van der Waals surface area contributed by atoms with Gasteiger partial charge in [-0.1, -0.05) is 47.5 Å². The number of ether oxygens (including phenoxy) is 2. The van der Waals surface area contributed by atoms with Crippen molar-refractivity contribution < 1.29 is 19.1 Å². The summed E-state index contributed by atoms with van der Waals surface area (Å²) in [6.07, 6.45) is 1.60. The lowest BCUT2D eigenvalue weighted by atomic mass is 10.1. The lowest BCUT2D eigenvalue weighted by molar-refractivity contribution is 0.0732. The third-order valence-corrected chi connectivity index (χ3v) is 5.58. The number of fused-ring (bicyclic) bond motifs is 1. The zero-order valence-electron chi connectivity index (χ0n) is 16.2. The minimum Gasteiger partial charge on any atom is -0.452 e. The van der Waals surface area contributed by atoms with Crippen molar-refractivity contribution in [2.75, 3.05) is 0 Å². The van der Waals surface area contributed by atoms with Gasteiger partial charge in [-0.2, -0.15) is 0 Å². The molecule has 0 fully saturated rings. The van der Waals surface area contributed by atoms with Gasteiger partial charge in [0.25, 0.3) is 0 Å². The topological polar surface area (TPSA) is 52.6 Å². The first kappa shape index (κ1) is 20.2. The van der Waals surface area contributed by atoms with E-state index in [4.69, 9.17) is 32.7 Å². The molecule has 30 heavy (non-hydrogen) atoms. The van der Waals surface area contributed by atoms with Gasteiger partial charge in [0, 0.05) is 5.56 Å². The number of rotatable bonds is 3. The fourth-order valence-corrected chi connectivity index (χ4v) is 3.50. The molecule has 4 nitrogen and oxygen atoms in total. The third-order valence-electron chi connectivity index (χ3n) is 4.85. The fourth-order valence-electron chi connectivity index (χ4n) is 3.19. The van der Waals surface area contributed by atoms with Gasteiger partial charge in [-0.3, -0.25) is 4.79 Å². The van der Waals surface area contributed by atoms with Crippen LogP contribution in [0.25, 0.3) is 6.08 Å². The van der Waals surface area contributed by atoms with Crippen LogP contribution in [-0.2, 0) is 0 Å². The summed E-state index contributed by atoms with van der Waals surface area (Å²) in [5.41, 5.74) is 2.97. The Hall–Kier alpha value is -3.08. The van der Waals surface area contributed by atoms with E-state index in [2.05, 4.69) is 0 Å². The number of Topliss-reactive ketones (excluding diaryl/α,β-unsaturated/α-hetero) is 1. The van der Waals surface area contributed by atoms with E-state index in [9.17, 15) is 9.59 Å². The third kappa shape index (κ3) is 3.72. The monoisotopic (exact) mass is 438 g/mol. The number of hydrogen-bond donors (Lipinski definition) is 0. The van der Waals surface area contributed by atoms with Crippen molar-refractivity contribution in [1.82, 2.24) is 0 Å². The zero-order chi connectivity index (χ0) is 21.4. The normalized spacial score (nSPS) is 13.9. The van der Waals surface area contributed by atoms with Crippen LogP contribution >= 0.6 is 23.2 Å². The van der Waals surface area contributed by atoms with Crippen LogP contribution in [0.3, 0.4) is 0 Å². The van der Waals surface area contributed by atoms with Gasteiger partial charge in [0.15, 0.2) is 5.76 Å². The average Bonchev–Trinajstić information content (AvgIpc) is 3.03. The Morgan fingerprint density at radius 3 is 2.50 bits per heavy atom. The van der Waals surface area contributed by atoms with Crippen LogP contribution in [0.2, 0.25) is 10.0 Å². The molecule has 0 amide bonds. The number of benzene rings is 3. The van der Waals surface area contributed by atoms with Gasteiger partial charge < -0.3 is 9.47 Å². The summed E-state index contributed by atoms with van der Waals surface area (Å²) in [6.45, 7) is 3.59. The summed E-state index contributed by atoms with van der Waals surface area (Å²) in [5, 5.41) is 0.812. The molecule has 6 heteroatoms. The Bertz CT molecular complexity index is 1230. The molecule has 1 aliphatic heterocycles. The fraction of sp³-hybridized carbons (Fsp3) is 0.0833. The molecule has 1 heterocycles. The van der Waals surface area contributed by atoms with E-state index in [1.54, 1.807) is 55.5 Å². The van der Waals surface area contributed by atoms with Crippen molar-refractivity contribution in [3.8, 4) is 11.5 Å². The second kappa shape index (κ2) is 7.98. The maximum Gasteiger partial charge on any atom is 0.343 e. The van der Waals surface area contributed by atoms with E-state index >= 15 is 0 Å². The highest BCUT2D eigenvalue weighted by molar-refractivity contribution is 6.42. The lowest BCUT2D eigenvalue weighted by Gasteiger charge is -2.11. The van der Waals surface area contributed by atoms with E-state index in [1.165, 1.54) is 0 Å². The molecule has 0 radical (unpaired) electrons. The molecule has 0 N–H and O–H groups in total. The summed E-state index contributed by atoms with van der Waals surface area (Å²) < 4.78 is 11.4. The maximum absolute atomic E-state index is 12.7. The highest BCUT2D eigenvalue weighted by atomic mass is 35.5. The Balaban J connectivity index is 1.63. The van der Waals surface area contributed by atoms with E-state index in [0.29, 0.717) is 43.8 Å². The highest BCUT2D eigenvalue weighted by Crippen LogP contribution is 2.39. The molecular weight excluding hydrogens is 423 g/mol. The van der Waals surface area contributed by atoms with Crippen LogP contribution in [0.5, 0.6) is 11.5 Å². The summed E-state index contributed by atoms with van der Waals surface area (Å²) >= 11 is 12.0. The molecule has 3 aromatic rings. The number of esters is 1. The van der Waals surface area contributed by atoms with Crippen LogP contribution < -0.4 is 9.47 Å². The van der Waals surface area contributed by atoms with Gasteiger partial charge in [0.1, 0.15) is 11.5 Å². The number of ketones is 1. The van der Waals surface area contributed by atoms with Crippen LogP contribution in [-0.4, -0.2) is 11.8 Å². The van der Waals surface area contributed by atoms with Crippen LogP contribution in [0.1, 0.15) is 37.4 Å². The summed E-state index contributed by atoms with van der Waals surface area (Å²) in [6, 6.07) is 15.4. The van der Waals surface area contributed by atoms with E-state index in [-0.39, 0.29) is 11.5 Å². The van der Waals surface area contributed by atoms with E-state index in [0.717, 1.165) is 5.56 Å². The van der Waals surface area contributed by atoms with E-state index in [1.807, 2.05) is 19.1 Å². The number of halogens is 2. The molecule has 0 unspecified atom stereocenters. The van der Waals surface area contributed by atoms with Crippen molar-refractivity contribution in [3.63, 3.8) is 0 Å². The SMILES string of the molecule is Cc1ccccc1C(=O)Oc1ccc2c(c1C)O/C(=C\c1ccc(Cl)c(Cl)c1)C2=O. The summed E-state index contributed by atoms with van der Waals surface area (Å²) in [4.78, 5) is 25.3. The number of allylic oxidation sites excluding steroid dienone is 1. The predicted molar refractivity (Wildman–Crippen MR) is 117 cm³/mol. The van der Waals surface area contributed by atoms with Crippen molar-refractivity contribution in [2.24, 2.45) is 0 Å². The second-order valence-corrected chi connectivity index (χ2v) is 7.70. The zero-order valence-corrected chi connectivity index (χ0v) is 17.7.